The van der Waals surface area contributed by atoms with Gasteiger partial charge in [-0.15, -0.1) is 0 Å². The topological polar surface area (TPSA) is 80.4 Å². The van der Waals surface area contributed by atoms with Gasteiger partial charge in [-0.25, -0.2) is 12.8 Å². The quantitative estimate of drug-likeness (QED) is 0.722. The molecule has 1 aromatic heterocycles. The third-order valence-electron chi connectivity index (χ3n) is 3.96. The van der Waals surface area contributed by atoms with E-state index in [2.05, 4.69) is 5.16 Å². The van der Waals surface area contributed by atoms with E-state index in [-0.39, 0.29) is 5.76 Å². The fourth-order valence-electron chi connectivity index (χ4n) is 2.68. The average Bonchev–Trinajstić information content (AvgIpc) is 3.00. The van der Waals surface area contributed by atoms with Gasteiger partial charge in [0, 0.05) is 16.8 Å². The Morgan fingerprint density at radius 1 is 1.19 bits per heavy atom. The maximum absolute atomic E-state index is 14.3. The van der Waals surface area contributed by atoms with Crippen molar-refractivity contribution in [1.82, 2.24) is 5.16 Å². The number of aromatic nitrogens is 1. The van der Waals surface area contributed by atoms with Crippen LogP contribution < -0.4 is 0 Å². The Labute approximate surface area is 154 Å². The van der Waals surface area contributed by atoms with Gasteiger partial charge in [0.15, 0.2) is 15.6 Å². The molecule has 0 atom stereocenters. The number of hydrogen-bond acceptors (Lipinski definition) is 5. The monoisotopic (exact) mass is 395 g/mol. The summed E-state index contributed by atoms with van der Waals surface area (Å²) in [5.74, 6) is -0.729. The van der Waals surface area contributed by atoms with Crippen molar-refractivity contribution in [3.8, 4) is 22.4 Å². The van der Waals surface area contributed by atoms with Gasteiger partial charge in [-0.05, 0) is 42.3 Å². The van der Waals surface area contributed by atoms with E-state index >= 15 is 0 Å². The van der Waals surface area contributed by atoms with Crippen molar-refractivity contribution < 1.29 is 22.4 Å². The molecule has 1 heterocycles. The molecule has 0 fully saturated rings. The van der Waals surface area contributed by atoms with Crippen molar-refractivity contribution in [3.63, 3.8) is 0 Å². The lowest BCUT2D eigenvalue weighted by Gasteiger charge is -2.07. The van der Waals surface area contributed by atoms with E-state index in [0.29, 0.717) is 27.4 Å². The van der Waals surface area contributed by atoms with Crippen LogP contribution in [0, 0.1) is 12.7 Å². The fraction of sp³-hybridized carbons (Fsp3) is 0.167. The second-order valence-electron chi connectivity index (χ2n) is 5.87. The zero-order valence-corrected chi connectivity index (χ0v) is 15.5. The van der Waals surface area contributed by atoms with Crippen molar-refractivity contribution in [2.75, 3.05) is 6.26 Å². The fourth-order valence-corrected chi connectivity index (χ4v) is 3.52. The minimum absolute atomic E-state index is 0.152. The van der Waals surface area contributed by atoms with Crippen LogP contribution in [0.2, 0.25) is 5.02 Å². The highest BCUT2D eigenvalue weighted by atomic mass is 35.5. The van der Waals surface area contributed by atoms with Crippen molar-refractivity contribution in [1.29, 1.82) is 0 Å². The molecule has 0 aliphatic heterocycles. The van der Waals surface area contributed by atoms with Gasteiger partial charge in [0.25, 0.3) is 0 Å². The lowest BCUT2D eigenvalue weighted by molar-refractivity contribution is 0.230. The lowest BCUT2D eigenvalue weighted by Crippen LogP contribution is -2.01. The zero-order chi connectivity index (χ0) is 19.1. The van der Waals surface area contributed by atoms with Crippen LogP contribution in [-0.4, -0.2) is 24.9 Å². The minimum atomic E-state index is -3.69. The first kappa shape index (κ1) is 18.6. The first-order valence-corrected chi connectivity index (χ1v) is 9.85. The Kier molecular flexibility index (Phi) is 4.88. The molecule has 1 N–H and O–H groups in total. The molecule has 26 heavy (non-hydrogen) atoms. The van der Waals surface area contributed by atoms with Gasteiger partial charge < -0.3 is 9.63 Å². The Bertz CT molecular complexity index is 1090. The molecule has 3 aromatic rings. The van der Waals surface area contributed by atoms with Crippen LogP contribution >= 0.6 is 11.6 Å². The van der Waals surface area contributed by atoms with E-state index in [4.69, 9.17) is 16.1 Å². The summed E-state index contributed by atoms with van der Waals surface area (Å²) in [4.78, 5) is -0.396. The summed E-state index contributed by atoms with van der Waals surface area (Å²) in [6, 6.07) is 8.97. The summed E-state index contributed by atoms with van der Waals surface area (Å²) in [5, 5.41) is 14.1. The minimum Gasteiger partial charge on any atom is -0.388 e. The highest BCUT2D eigenvalue weighted by molar-refractivity contribution is 7.90. The van der Waals surface area contributed by atoms with Gasteiger partial charge in [0.1, 0.15) is 23.0 Å². The van der Waals surface area contributed by atoms with Crippen LogP contribution in [0.25, 0.3) is 22.4 Å². The van der Waals surface area contributed by atoms with Gasteiger partial charge in [0.05, 0.1) is 5.56 Å². The maximum Gasteiger partial charge on any atom is 0.178 e. The molecule has 0 spiro atoms. The molecule has 0 radical (unpaired) electrons. The molecule has 0 bridgehead atoms. The van der Waals surface area contributed by atoms with E-state index in [9.17, 15) is 17.9 Å². The van der Waals surface area contributed by atoms with E-state index in [0.717, 1.165) is 17.9 Å². The van der Waals surface area contributed by atoms with Gasteiger partial charge in [-0.2, -0.15) is 0 Å². The van der Waals surface area contributed by atoms with Gasteiger partial charge >= 0.3 is 0 Å². The number of benzene rings is 2. The molecule has 8 heteroatoms. The second kappa shape index (κ2) is 6.83. The molecule has 3 rings (SSSR count). The molecular weight excluding hydrogens is 381 g/mol. The molecule has 0 saturated carbocycles. The molecular formula is C18H15ClFNO4S. The summed E-state index contributed by atoms with van der Waals surface area (Å²) >= 11 is 6.05. The SMILES string of the molecule is Cc1cc(-c2noc(CO)c2-c2ccc(S(C)(=O)=O)c(F)c2)ccc1Cl. The zero-order valence-electron chi connectivity index (χ0n) is 14.0. The number of halogens is 2. The van der Waals surface area contributed by atoms with Gasteiger partial charge in [-0.1, -0.05) is 28.9 Å². The standard InChI is InChI=1S/C18H15ClFNO4S/c1-10-7-12(3-5-13(10)19)18-17(15(9-22)25-21-18)11-4-6-16(14(20)8-11)26(2,23)24/h3-8,22H,9H2,1-2H3. The summed E-state index contributed by atoms with van der Waals surface area (Å²) < 4.78 is 42.7. The van der Waals surface area contributed by atoms with Crippen molar-refractivity contribution >= 4 is 21.4 Å². The largest absolute Gasteiger partial charge is 0.388 e. The Morgan fingerprint density at radius 2 is 1.88 bits per heavy atom. The highest BCUT2D eigenvalue weighted by Crippen LogP contribution is 2.36. The van der Waals surface area contributed by atoms with E-state index in [1.807, 2.05) is 6.92 Å². The van der Waals surface area contributed by atoms with Crippen molar-refractivity contribution in [2.45, 2.75) is 18.4 Å². The van der Waals surface area contributed by atoms with Crippen LogP contribution in [0.15, 0.2) is 45.8 Å². The summed E-state index contributed by atoms with van der Waals surface area (Å²) in [6.07, 6.45) is 0.936. The van der Waals surface area contributed by atoms with Crippen LogP contribution in [0.3, 0.4) is 0 Å². The maximum atomic E-state index is 14.3. The van der Waals surface area contributed by atoms with Crippen LogP contribution in [0.5, 0.6) is 0 Å². The number of sulfone groups is 1. The molecule has 136 valence electrons. The number of aliphatic hydroxyl groups is 1. The Hall–Kier alpha value is -2.22. The predicted octanol–water partition coefficient (Wildman–Crippen LogP) is 4.01. The first-order valence-electron chi connectivity index (χ1n) is 7.58. The van der Waals surface area contributed by atoms with E-state index in [1.54, 1.807) is 18.2 Å². The van der Waals surface area contributed by atoms with Crippen LogP contribution in [-0.2, 0) is 16.4 Å². The summed E-state index contributed by atoms with van der Waals surface area (Å²) in [7, 11) is -3.69. The molecule has 0 amide bonds. The molecule has 2 aromatic carbocycles. The molecule has 0 saturated heterocycles. The molecule has 5 nitrogen and oxygen atoms in total. The normalized spacial score (nSPS) is 11.7. The average molecular weight is 396 g/mol. The number of aryl methyl sites for hydroxylation is 1. The molecule has 0 unspecified atom stereocenters. The number of hydrogen-bond donors (Lipinski definition) is 1. The molecule has 0 aliphatic carbocycles. The second-order valence-corrected chi connectivity index (χ2v) is 8.26. The Morgan fingerprint density at radius 3 is 2.46 bits per heavy atom. The third kappa shape index (κ3) is 3.38. The predicted molar refractivity (Wildman–Crippen MR) is 96.1 cm³/mol. The Balaban J connectivity index is 2.20. The van der Waals surface area contributed by atoms with E-state index in [1.165, 1.54) is 12.1 Å². The summed E-state index contributed by atoms with van der Waals surface area (Å²) in [5.41, 5.74) is 2.65. The van der Waals surface area contributed by atoms with Crippen LogP contribution in [0.1, 0.15) is 11.3 Å². The number of rotatable bonds is 4. The molecule has 0 aliphatic rings. The van der Waals surface area contributed by atoms with Crippen molar-refractivity contribution in [3.05, 3.63) is 58.6 Å². The lowest BCUT2D eigenvalue weighted by atomic mass is 9.98. The smallest absolute Gasteiger partial charge is 0.178 e. The summed E-state index contributed by atoms with van der Waals surface area (Å²) in [6.45, 7) is 1.39. The third-order valence-corrected chi connectivity index (χ3v) is 5.51. The van der Waals surface area contributed by atoms with Gasteiger partial charge in [0.2, 0.25) is 0 Å². The number of nitrogens with zero attached hydrogens (tertiary/aromatic N) is 1. The first-order chi connectivity index (χ1) is 12.2. The van der Waals surface area contributed by atoms with Crippen molar-refractivity contribution in [2.24, 2.45) is 0 Å². The van der Waals surface area contributed by atoms with Gasteiger partial charge in [-0.3, -0.25) is 0 Å². The highest BCUT2D eigenvalue weighted by Gasteiger charge is 2.22. The van der Waals surface area contributed by atoms with E-state index < -0.39 is 27.2 Å². The number of aliphatic hydroxyl groups excluding tert-OH is 1. The van der Waals surface area contributed by atoms with Crippen LogP contribution in [0.4, 0.5) is 4.39 Å².